The molecular weight excluding hydrogens is 302 g/mol. The van der Waals surface area contributed by atoms with Crippen LogP contribution in [0, 0.1) is 23.0 Å². The zero-order chi connectivity index (χ0) is 16.6. The van der Waals surface area contributed by atoms with Crippen molar-refractivity contribution in [3.05, 3.63) is 35.4 Å². The van der Waals surface area contributed by atoms with Gasteiger partial charge in [-0.15, -0.1) is 0 Å². The first-order valence-electron chi connectivity index (χ1n) is 7.93. The van der Waals surface area contributed by atoms with Crippen LogP contribution >= 0.6 is 0 Å². The van der Waals surface area contributed by atoms with Gasteiger partial charge in [-0.3, -0.25) is 9.59 Å². The minimum Gasteiger partial charge on any atom is -0.359 e. The fraction of sp³-hybridized carbons (Fsp3) is 0.529. The molecule has 2 fully saturated rings. The average molecular weight is 322 g/mol. The first kappa shape index (κ1) is 15.9. The van der Waals surface area contributed by atoms with E-state index in [0.717, 1.165) is 37.8 Å². The van der Waals surface area contributed by atoms with Crippen molar-refractivity contribution < 1.29 is 18.4 Å². The normalized spacial score (nSPS) is 22.6. The van der Waals surface area contributed by atoms with Crippen molar-refractivity contribution in [2.24, 2.45) is 11.3 Å². The number of amides is 2. The molecule has 2 amide bonds. The van der Waals surface area contributed by atoms with E-state index < -0.39 is 23.1 Å². The van der Waals surface area contributed by atoms with Gasteiger partial charge in [0.25, 0.3) is 5.91 Å². The third-order valence-electron chi connectivity index (χ3n) is 5.27. The first-order chi connectivity index (χ1) is 11.0. The van der Waals surface area contributed by atoms with Crippen molar-refractivity contribution in [3.63, 3.8) is 0 Å². The third kappa shape index (κ3) is 2.60. The van der Waals surface area contributed by atoms with E-state index in [-0.39, 0.29) is 23.8 Å². The molecule has 0 bridgehead atoms. The Kier molecular flexibility index (Phi) is 4.08. The number of nitrogens with zero attached hydrogens (tertiary/aromatic N) is 1. The summed E-state index contributed by atoms with van der Waals surface area (Å²) in [7, 11) is 1.58. The quantitative estimate of drug-likeness (QED) is 0.908. The van der Waals surface area contributed by atoms with Gasteiger partial charge >= 0.3 is 0 Å². The van der Waals surface area contributed by atoms with Crippen molar-refractivity contribution in [2.75, 3.05) is 20.1 Å². The lowest BCUT2D eigenvalue weighted by atomic mass is 9.76. The van der Waals surface area contributed by atoms with Crippen LogP contribution in [0.3, 0.4) is 0 Å². The molecule has 6 heteroatoms. The number of benzene rings is 1. The monoisotopic (exact) mass is 322 g/mol. The van der Waals surface area contributed by atoms with Crippen LogP contribution < -0.4 is 5.32 Å². The Morgan fingerprint density at radius 2 is 1.83 bits per heavy atom. The minimum absolute atomic E-state index is 0.101. The molecule has 2 aliphatic rings. The smallest absolute Gasteiger partial charge is 0.259 e. The van der Waals surface area contributed by atoms with Crippen LogP contribution in [-0.4, -0.2) is 36.9 Å². The lowest BCUT2D eigenvalue weighted by Gasteiger charge is -2.28. The highest BCUT2D eigenvalue weighted by Crippen LogP contribution is 2.49. The molecule has 1 spiro atoms. The summed E-state index contributed by atoms with van der Waals surface area (Å²) in [5, 5.41) is 2.66. The topological polar surface area (TPSA) is 49.4 Å². The minimum atomic E-state index is -0.862. The molecule has 3 rings (SSSR count). The first-order valence-corrected chi connectivity index (χ1v) is 7.93. The molecule has 23 heavy (non-hydrogen) atoms. The van der Waals surface area contributed by atoms with Crippen LogP contribution in [0.2, 0.25) is 0 Å². The summed E-state index contributed by atoms with van der Waals surface area (Å²) in [6.07, 6.45) is 3.77. The molecule has 1 aliphatic carbocycles. The molecule has 1 unspecified atom stereocenters. The van der Waals surface area contributed by atoms with Crippen molar-refractivity contribution in [1.29, 1.82) is 0 Å². The maximum atomic E-state index is 13.9. The Morgan fingerprint density at radius 3 is 2.39 bits per heavy atom. The maximum Gasteiger partial charge on any atom is 0.259 e. The standard InChI is InChI=1S/C17H20F2N2O2/c1-20-15(22)11-9-21(10-17(11)7-2-3-8-17)16(23)14-12(18)5-4-6-13(14)19/h4-6,11H,2-3,7-10H2,1H3,(H,20,22). The second-order valence-electron chi connectivity index (χ2n) is 6.52. The van der Waals surface area contributed by atoms with Crippen LogP contribution in [0.5, 0.6) is 0 Å². The fourth-order valence-electron chi connectivity index (χ4n) is 4.10. The van der Waals surface area contributed by atoms with E-state index in [9.17, 15) is 18.4 Å². The zero-order valence-electron chi connectivity index (χ0n) is 13.1. The highest BCUT2D eigenvalue weighted by molar-refractivity contribution is 5.95. The van der Waals surface area contributed by atoms with Gasteiger partial charge in [0.05, 0.1) is 5.92 Å². The summed E-state index contributed by atoms with van der Waals surface area (Å²) in [4.78, 5) is 26.3. The largest absolute Gasteiger partial charge is 0.359 e. The van der Waals surface area contributed by atoms with Gasteiger partial charge in [0.15, 0.2) is 0 Å². The summed E-state index contributed by atoms with van der Waals surface area (Å²) >= 11 is 0. The number of halogens is 2. The van der Waals surface area contributed by atoms with Crippen molar-refractivity contribution in [3.8, 4) is 0 Å². The lowest BCUT2D eigenvalue weighted by molar-refractivity contribution is -0.127. The Morgan fingerprint density at radius 1 is 1.22 bits per heavy atom. The molecule has 1 saturated heterocycles. The highest BCUT2D eigenvalue weighted by Gasteiger charge is 2.52. The number of rotatable bonds is 2. The van der Waals surface area contributed by atoms with Gasteiger partial charge in [-0.1, -0.05) is 18.9 Å². The molecule has 0 radical (unpaired) electrons. The van der Waals surface area contributed by atoms with E-state index in [1.54, 1.807) is 7.05 Å². The van der Waals surface area contributed by atoms with Crippen LogP contribution in [0.15, 0.2) is 18.2 Å². The van der Waals surface area contributed by atoms with Crippen molar-refractivity contribution in [2.45, 2.75) is 25.7 Å². The van der Waals surface area contributed by atoms with E-state index in [1.165, 1.54) is 11.0 Å². The Bertz CT molecular complexity index is 621. The van der Waals surface area contributed by atoms with Crippen LogP contribution in [-0.2, 0) is 4.79 Å². The van der Waals surface area contributed by atoms with Crippen LogP contribution in [0.25, 0.3) is 0 Å². The van der Waals surface area contributed by atoms with Crippen molar-refractivity contribution in [1.82, 2.24) is 10.2 Å². The zero-order valence-corrected chi connectivity index (χ0v) is 13.1. The molecule has 1 aliphatic heterocycles. The predicted octanol–water partition coefficient (Wildman–Crippen LogP) is 2.34. The molecule has 4 nitrogen and oxygen atoms in total. The van der Waals surface area contributed by atoms with Crippen LogP contribution in [0.4, 0.5) is 8.78 Å². The summed E-state index contributed by atoms with van der Waals surface area (Å²) in [5.74, 6) is -2.80. The highest BCUT2D eigenvalue weighted by atomic mass is 19.1. The Balaban J connectivity index is 1.90. The number of nitrogens with one attached hydrogen (secondary N) is 1. The summed E-state index contributed by atoms with van der Waals surface area (Å²) in [5.41, 5.74) is -0.782. The number of hydrogen-bond acceptors (Lipinski definition) is 2. The number of carbonyl (C=O) groups excluding carboxylic acids is 2. The summed E-state index contributed by atoms with van der Waals surface area (Å²) in [6.45, 7) is 0.601. The maximum absolute atomic E-state index is 13.9. The van der Waals surface area contributed by atoms with Gasteiger partial charge in [0, 0.05) is 25.6 Å². The SMILES string of the molecule is CNC(=O)C1CN(C(=O)c2c(F)cccc2F)CC12CCCC2. The van der Waals surface area contributed by atoms with E-state index in [1.807, 2.05) is 0 Å². The lowest BCUT2D eigenvalue weighted by Crippen LogP contribution is -2.38. The van der Waals surface area contributed by atoms with Gasteiger partial charge in [-0.2, -0.15) is 0 Å². The average Bonchev–Trinajstić information content (AvgIpc) is 3.14. The summed E-state index contributed by atoms with van der Waals surface area (Å²) in [6, 6.07) is 3.39. The van der Waals surface area contributed by atoms with Gasteiger partial charge < -0.3 is 10.2 Å². The number of carbonyl (C=O) groups is 2. The molecule has 0 aromatic heterocycles. The molecule has 1 heterocycles. The molecule has 124 valence electrons. The summed E-state index contributed by atoms with van der Waals surface area (Å²) < 4.78 is 27.8. The van der Waals surface area contributed by atoms with Gasteiger partial charge in [0.2, 0.25) is 5.91 Å². The molecule has 1 N–H and O–H groups in total. The Hall–Kier alpha value is -1.98. The molecular formula is C17H20F2N2O2. The second kappa shape index (κ2) is 5.91. The number of hydrogen-bond donors (Lipinski definition) is 1. The molecule has 1 saturated carbocycles. The Labute approximate surface area is 133 Å². The molecule has 1 aromatic carbocycles. The van der Waals surface area contributed by atoms with E-state index in [0.29, 0.717) is 6.54 Å². The molecule has 1 aromatic rings. The van der Waals surface area contributed by atoms with Gasteiger partial charge in [-0.25, -0.2) is 8.78 Å². The van der Waals surface area contributed by atoms with E-state index in [4.69, 9.17) is 0 Å². The number of likely N-dealkylation sites (tertiary alicyclic amines) is 1. The van der Waals surface area contributed by atoms with E-state index in [2.05, 4.69) is 5.32 Å². The second-order valence-corrected chi connectivity index (χ2v) is 6.52. The van der Waals surface area contributed by atoms with Crippen LogP contribution in [0.1, 0.15) is 36.0 Å². The predicted molar refractivity (Wildman–Crippen MR) is 80.7 cm³/mol. The third-order valence-corrected chi connectivity index (χ3v) is 5.27. The van der Waals surface area contributed by atoms with E-state index >= 15 is 0 Å². The van der Waals surface area contributed by atoms with Crippen molar-refractivity contribution >= 4 is 11.8 Å². The molecule has 1 atom stereocenters. The van der Waals surface area contributed by atoms with Gasteiger partial charge in [-0.05, 0) is 25.0 Å². The van der Waals surface area contributed by atoms with Gasteiger partial charge in [0.1, 0.15) is 17.2 Å². The fourth-order valence-corrected chi connectivity index (χ4v) is 4.10.